The number of ether oxygens (including phenoxy) is 5. The maximum absolute atomic E-state index is 12.1. The Hall–Kier alpha value is -2.53. The summed E-state index contributed by atoms with van der Waals surface area (Å²) >= 11 is 6.92. The summed E-state index contributed by atoms with van der Waals surface area (Å²) in [5.41, 5.74) is 4.13. The molecule has 4 atom stereocenters. The molecule has 11 nitrogen and oxygen atoms in total. The van der Waals surface area contributed by atoms with Gasteiger partial charge in [0.2, 0.25) is 0 Å². The average molecular weight is 802 g/mol. The number of benzene rings is 1. The minimum atomic E-state index is -2.02. The first-order chi connectivity index (χ1) is 25.4. The van der Waals surface area contributed by atoms with E-state index in [9.17, 15) is 4.79 Å². The van der Waals surface area contributed by atoms with Crippen LogP contribution >= 0.6 is 11.6 Å². The topological polar surface area (TPSA) is 115 Å². The smallest absolute Gasteiger partial charge is 0.407 e. The zero-order chi connectivity index (χ0) is 39.0. The van der Waals surface area contributed by atoms with Gasteiger partial charge in [0.1, 0.15) is 30.6 Å². The maximum atomic E-state index is 12.1. The fraction of sp³-hybridized carbons (Fsp3) is 0.675. The van der Waals surface area contributed by atoms with Crippen molar-refractivity contribution in [2.75, 3.05) is 19.8 Å². The molecule has 0 unspecified atom stereocenters. The number of hydrogen-bond donors (Lipinski definition) is 1. The lowest BCUT2D eigenvalue weighted by Crippen LogP contribution is -2.47. The molecule has 1 saturated carbocycles. The van der Waals surface area contributed by atoms with Crippen molar-refractivity contribution < 1.29 is 32.9 Å². The van der Waals surface area contributed by atoms with Crippen LogP contribution in [0.5, 0.6) is 6.01 Å². The van der Waals surface area contributed by atoms with Crippen LogP contribution < -0.4 is 10.1 Å². The van der Waals surface area contributed by atoms with E-state index in [-0.39, 0.29) is 54.4 Å². The summed E-state index contributed by atoms with van der Waals surface area (Å²) in [4.78, 5) is 22.1. The van der Waals surface area contributed by atoms with Crippen LogP contribution in [-0.2, 0) is 30.1 Å². The zero-order valence-electron chi connectivity index (χ0n) is 33.9. The fourth-order valence-corrected chi connectivity index (χ4v) is 9.44. The van der Waals surface area contributed by atoms with Crippen LogP contribution in [0.3, 0.4) is 0 Å². The highest BCUT2D eigenvalue weighted by molar-refractivity contribution is 6.76. The van der Waals surface area contributed by atoms with E-state index in [1.54, 1.807) is 0 Å². The van der Waals surface area contributed by atoms with Gasteiger partial charge in [0.05, 0.1) is 30.0 Å². The van der Waals surface area contributed by atoms with Gasteiger partial charge in [0.15, 0.2) is 20.1 Å². The van der Waals surface area contributed by atoms with Gasteiger partial charge in [0, 0.05) is 26.3 Å². The monoisotopic (exact) mass is 800 g/mol. The maximum Gasteiger partial charge on any atom is 0.407 e. The normalized spacial score (nSPS) is 25.0. The lowest BCUT2D eigenvalue weighted by Gasteiger charge is -2.39. The van der Waals surface area contributed by atoms with Gasteiger partial charge in [-0.25, -0.2) is 9.78 Å². The summed E-state index contributed by atoms with van der Waals surface area (Å²) in [5, 5.41) is 3.41. The average Bonchev–Trinajstić information content (AvgIpc) is 3.76. The van der Waals surface area contributed by atoms with Crippen molar-refractivity contribution in [3.05, 3.63) is 40.9 Å². The first kappa shape index (κ1) is 41.1. The van der Waals surface area contributed by atoms with Gasteiger partial charge in [-0.05, 0) is 81.3 Å². The Morgan fingerprint density at radius 1 is 0.981 bits per heavy atom. The van der Waals surface area contributed by atoms with E-state index in [1.807, 2.05) is 24.5 Å². The molecular formula is C40H61ClN4O7Si2. The second-order valence-electron chi connectivity index (χ2n) is 18.3. The minimum Gasteiger partial charge on any atom is -0.456 e. The summed E-state index contributed by atoms with van der Waals surface area (Å²) in [5.74, 6) is 0.407. The molecule has 2 aromatic heterocycles. The Morgan fingerprint density at radius 3 is 2.26 bits per heavy atom. The molecule has 0 radical (unpaired) electrons. The van der Waals surface area contributed by atoms with Crippen molar-refractivity contribution in [1.29, 1.82) is 0 Å². The molecular weight excluding hydrogens is 740 g/mol. The van der Waals surface area contributed by atoms with Gasteiger partial charge in [-0.1, -0.05) is 76.3 Å². The number of rotatable bonds is 13. The quantitative estimate of drug-likeness (QED) is 0.134. The van der Waals surface area contributed by atoms with E-state index >= 15 is 0 Å². The SMILES string of the molecule is CC(C)NC(=O)O[C@H]1CC[C@@H](c2ccc(-c3nc4c(cc3Cl)nc(O[C@@H]3CO[C@H]5[C@@H]3OC[C@H]5O[Si](C)(C)C(C)(C)C)n4COCC[Si](C)(C)C)cc2)CC1. The van der Waals surface area contributed by atoms with Crippen molar-refractivity contribution in [1.82, 2.24) is 19.9 Å². The van der Waals surface area contributed by atoms with Crippen LogP contribution in [0.1, 0.15) is 71.8 Å². The number of nitrogens with zero attached hydrogens (tertiary/aromatic N) is 3. The number of amides is 1. The molecule has 3 fully saturated rings. The molecule has 0 bridgehead atoms. The molecule has 2 aliphatic heterocycles. The molecule has 0 spiro atoms. The summed E-state index contributed by atoms with van der Waals surface area (Å²) in [6, 6.07) is 11.9. The molecule has 6 rings (SSSR count). The first-order valence-corrected chi connectivity index (χ1v) is 26.7. The Bertz CT molecular complexity index is 1750. The van der Waals surface area contributed by atoms with Gasteiger partial charge in [0.25, 0.3) is 0 Å². The van der Waals surface area contributed by atoms with Gasteiger partial charge in [-0.15, -0.1) is 0 Å². The van der Waals surface area contributed by atoms with Crippen LogP contribution in [-0.4, -0.2) is 93.4 Å². The number of hydrogen-bond acceptors (Lipinski definition) is 9. The molecule has 1 aliphatic carbocycles. The molecule has 54 heavy (non-hydrogen) atoms. The molecule has 14 heteroatoms. The third-order valence-corrected chi connectivity index (χ3v) is 17.8. The van der Waals surface area contributed by atoms with Gasteiger partial charge < -0.3 is 33.4 Å². The van der Waals surface area contributed by atoms with E-state index in [0.717, 1.165) is 37.3 Å². The largest absolute Gasteiger partial charge is 0.456 e. The summed E-state index contributed by atoms with van der Waals surface area (Å²) in [6.45, 7) is 23.9. The molecule has 3 aliphatic rings. The van der Waals surface area contributed by atoms with Gasteiger partial charge >= 0.3 is 12.1 Å². The molecule has 2 saturated heterocycles. The van der Waals surface area contributed by atoms with Crippen molar-refractivity contribution in [3.63, 3.8) is 0 Å². The Labute approximate surface area is 328 Å². The van der Waals surface area contributed by atoms with Crippen molar-refractivity contribution >= 4 is 45.2 Å². The first-order valence-electron chi connectivity index (χ1n) is 19.7. The molecule has 1 amide bonds. The van der Waals surface area contributed by atoms with E-state index < -0.39 is 16.4 Å². The van der Waals surface area contributed by atoms with Crippen LogP contribution in [0.4, 0.5) is 4.79 Å². The Balaban J connectivity index is 1.19. The highest BCUT2D eigenvalue weighted by atomic mass is 35.5. The lowest BCUT2D eigenvalue weighted by molar-refractivity contribution is 0.00687. The number of alkyl carbamates (subject to hydrolysis) is 1. The van der Waals surface area contributed by atoms with E-state index in [1.165, 1.54) is 5.56 Å². The van der Waals surface area contributed by atoms with E-state index in [0.29, 0.717) is 53.6 Å². The van der Waals surface area contributed by atoms with Gasteiger partial charge in [-0.2, -0.15) is 4.98 Å². The molecule has 1 aromatic carbocycles. The van der Waals surface area contributed by atoms with Crippen molar-refractivity contribution in [2.24, 2.45) is 0 Å². The predicted molar refractivity (Wildman–Crippen MR) is 218 cm³/mol. The van der Waals surface area contributed by atoms with Crippen LogP contribution in [0.2, 0.25) is 48.8 Å². The number of halogens is 1. The highest BCUT2D eigenvalue weighted by Crippen LogP contribution is 2.41. The minimum absolute atomic E-state index is 0.0427. The zero-order valence-corrected chi connectivity index (χ0v) is 36.6. The number of nitrogens with one attached hydrogen (secondary N) is 1. The number of carbonyl (C=O) groups is 1. The Morgan fingerprint density at radius 2 is 1.63 bits per heavy atom. The van der Waals surface area contributed by atoms with E-state index in [4.69, 9.17) is 49.7 Å². The fourth-order valence-electron chi connectivity index (χ4n) is 7.12. The third kappa shape index (κ3) is 9.70. The van der Waals surface area contributed by atoms with Crippen LogP contribution in [0, 0.1) is 0 Å². The van der Waals surface area contributed by atoms with Crippen LogP contribution in [0.15, 0.2) is 30.3 Å². The van der Waals surface area contributed by atoms with Crippen LogP contribution in [0.25, 0.3) is 22.4 Å². The number of aromatic nitrogens is 3. The van der Waals surface area contributed by atoms with Gasteiger partial charge in [-0.3, -0.25) is 4.57 Å². The summed E-state index contributed by atoms with van der Waals surface area (Å²) in [7, 11) is -3.32. The van der Waals surface area contributed by atoms with Crippen molar-refractivity contribution in [3.8, 4) is 17.3 Å². The second kappa shape index (κ2) is 16.5. The lowest BCUT2D eigenvalue weighted by atomic mass is 9.82. The number of fused-ring (bicyclic) bond motifs is 2. The number of carbonyl (C=O) groups excluding carboxylic acids is 1. The number of imidazole rings is 1. The molecule has 3 aromatic rings. The Kier molecular flexibility index (Phi) is 12.6. The van der Waals surface area contributed by atoms with Crippen molar-refractivity contribution in [2.45, 2.75) is 153 Å². The summed E-state index contributed by atoms with van der Waals surface area (Å²) < 4.78 is 39.7. The predicted octanol–water partition coefficient (Wildman–Crippen LogP) is 9.16. The molecule has 1 N–H and O–H groups in total. The third-order valence-electron chi connectivity index (χ3n) is 11.3. The standard InChI is InChI=1S/C40H61ClN4O7Si2/c1-25(2)42-39(46)50-29-17-15-27(16-18-29)26-11-13-28(14-12-26)34-30(41)21-31-37(44-34)45(24-47-19-20-53(6,7)8)38(43-31)51-32-22-48-36-33(23-49-35(32)36)52-54(9,10)40(3,4)5/h11-14,21,25,27,29,32-33,35-36H,15-20,22-24H2,1-10H3,(H,42,46)/t27-,29+,32-,33-,35-,36-/m1/s1. The molecule has 298 valence electrons. The number of pyridine rings is 1. The van der Waals surface area contributed by atoms with E-state index in [2.05, 4.69) is 83.1 Å². The molecule has 4 heterocycles. The second-order valence-corrected chi connectivity index (χ2v) is 29.1. The highest BCUT2D eigenvalue weighted by Gasteiger charge is 2.52. The summed E-state index contributed by atoms with van der Waals surface area (Å²) in [6.07, 6.45) is 2.30.